The number of anilines is 1. The van der Waals surface area contributed by atoms with Crippen molar-refractivity contribution < 1.29 is 38.7 Å². The van der Waals surface area contributed by atoms with E-state index >= 15 is 0 Å². The van der Waals surface area contributed by atoms with Crippen LogP contribution >= 0.6 is 21.6 Å². The fraction of sp³-hybridized carbons (Fsp3) is 0.565. The van der Waals surface area contributed by atoms with Crippen LogP contribution in [-0.4, -0.2) is 97.1 Å². The number of aliphatic hydroxyl groups excluding tert-OH is 2. The van der Waals surface area contributed by atoms with Crippen LogP contribution in [0.15, 0.2) is 24.3 Å². The molecule has 3 aliphatic rings. The standard InChI is InChI=1S/C23H30N2O8S2/c1-14-8-17-21(28)25(22(29)33-13-23(4-6-32-12-23)35-34-7-5-26)16-10-19(31-3)18(30-2)9-15(16)20(27)24(17)11-14/h9-10,17,21,26,28H,1,4-8,11-13H2,2-3H3/t17-,21?,23?/m0/s1. The Bertz CT molecular complexity index is 985. The van der Waals surface area contributed by atoms with E-state index in [9.17, 15) is 14.7 Å². The van der Waals surface area contributed by atoms with Crippen LogP contribution in [0.1, 0.15) is 23.2 Å². The first-order valence-electron chi connectivity index (χ1n) is 11.2. The topological polar surface area (TPSA) is 118 Å². The smallest absolute Gasteiger partial charge is 0.416 e. The Morgan fingerprint density at radius 3 is 2.71 bits per heavy atom. The predicted octanol–water partition coefficient (Wildman–Crippen LogP) is 2.28. The van der Waals surface area contributed by atoms with Crippen molar-refractivity contribution in [2.45, 2.75) is 29.9 Å². The quantitative estimate of drug-likeness (QED) is 0.297. The number of carbonyl (C=O) groups excluding carboxylic acids is 2. The molecule has 0 radical (unpaired) electrons. The first-order valence-corrected chi connectivity index (χ1v) is 13.5. The van der Waals surface area contributed by atoms with E-state index < -0.39 is 23.1 Å². The molecule has 0 saturated carbocycles. The Hall–Kier alpha value is -2.12. The zero-order chi connectivity index (χ0) is 25.2. The Morgan fingerprint density at radius 1 is 1.31 bits per heavy atom. The molecule has 1 aromatic rings. The van der Waals surface area contributed by atoms with Gasteiger partial charge in [0.2, 0.25) is 0 Å². The second kappa shape index (κ2) is 10.9. The Kier molecular flexibility index (Phi) is 8.06. The van der Waals surface area contributed by atoms with Crippen molar-refractivity contribution >= 4 is 39.3 Å². The molecule has 3 atom stereocenters. The van der Waals surface area contributed by atoms with Crippen LogP contribution in [0.3, 0.4) is 0 Å². The van der Waals surface area contributed by atoms with E-state index in [-0.39, 0.29) is 36.9 Å². The number of amides is 2. The number of hydrogen-bond acceptors (Lipinski definition) is 10. The second-order valence-electron chi connectivity index (χ2n) is 8.63. The van der Waals surface area contributed by atoms with Gasteiger partial charge in [-0.05, 0) is 18.9 Å². The van der Waals surface area contributed by atoms with Gasteiger partial charge in [-0.1, -0.05) is 33.7 Å². The summed E-state index contributed by atoms with van der Waals surface area (Å²) in [6, 6.07) is 2.36. The summed E-state index contributed by atoms with van der Waals surface area (Å²) in [6.45, 7) is 5.32. The number of methoxy groups -OCH3 is 2. The summed E-state index contributed by atoms with van der Waals surface area (Å²) in [5, 5.41) is 20.5. The van der Waals surface area contributed by atoms with E-state index in [0.29, 0.717) is 43.3 Å². The normalized spacial score (nSPS) is 25.8. The lowest BCUT2D eigenvalue weighted by molar-refractivity contribution is 0.0482. The lowest BCUT2D eigenvalue weighted by atomic mass is 10.1. The summed E-state index contributed by atoms with van der Waals surface area (Å²) >= 11 is 0. The van der Waals surface area contributed by atoms with E-state index in [4.69, 9.17) is 24.1 Å². The van der Waals surface area contributed by atoms with E-state index in [1.807, 2.05) is 0 Å². The third kappa shape index (κ3) is 5.08. The molecule has 2 amide bonds. The maximum Gasteiger partial charge on any atom is 0.416 e. The number of hydrogen-bond donors (Lipinski definition) is 2. The molecule has 10 nitrogen and oxygen atoms in total. The van der Waals surface area contributed by atoms with E-state index in [1.165, 1.54) is 52.8 Å². The number of carbonyl (C=O) groups is 2. The monoisotopic (exact) mass is 526 g/mol. The highest BCUT2D eigenvalue weighted by molar-refractivity contribution is 8.77. The first-order chi connectivity index (χ1) is 16.8. The van der Waals surface area contributed by atoms with Gasteiger partial charge in [0.05, 0.1) is 49.5 Å². The van der Waals surface area contributed by atoms with Gasteiger partial charge in [-0.25, -0.2) is 9.69 Å². The van der Waals surface area contributed by atoms with Crippen molar-refractivity contribution in [1.82, 2.24) is 4.90 Å². The minimum absolute atomic E-state index is 0.0493. The molecule has 2 N–H and O–H groups in total. The molecule has 12 heteroatoms. The fourth-order valence-electron chi connectivity index (χ4n) is 4.49. The maximum atomic E-state index is 13.5. The number of rotatable bonds is 8. The summed E-state index contributed by atoms with van der Waals surface area (Å²) in [7, 11) is 5.93. The van der Waals surface area contributed by atoms with Crippen LogP contribution in [0.2, 0.25) is 0 Å². The maximum absolute atomic E-state index is 13.5. The zero-order valence-corrected chi connectivity index (χ0v) is 21.4. The van der Waals surface area contributed by atoms with Crippen LogP contribution in [0.5, 0.6) is 11.5 Å². The Labute approximate surface area is 211 Å². The number of nitrogens with zero attached hydrogens (tertiary/aromatic N) is 2. The average molecular weight is 527 g/mol. The van der Waals surface area contributed by atoms with Gasteiger partial charge in [-0.3, -0.25) is 4.79 Å². The zero-order valence-electron chi connectivity index (χ0n) is 19.7. The van der Waals surface area contributed by atoms with Gasteiger partial charge >= 0.3 is 6.09 Å². The van der Waals surface area contributed by atoms with Crippen LogP contribution < -0.4 is 14.4 Å². The van der Waals surface area contributed by atoms with E-state index in [1.54, 1.807) is 0 Å². The number of benzene rings is 1. The molecule has 1 aromatic carbocycles. The Morgan fingerprint density at radius 2 is 2.06 bits per heavy atom. The molecule has 4 rings (SSSR count). The molecule has 2 fully saturated rings. The van der Waals surface area contributed by atoms with Gasteiger partial charge in [-0.2, -0.15) is 0 Å². The minimum Gasteiger partial charge on any atom is -0.493 e. The Balaban J connectivity index is 1.67. The lowest BCUT2D eigenvalue weighted by Gasteiger charge is -2.33. The molecule has 0 aromatic heterocycles. The highest BCUT2D eigenvalue weighted by Gasteiger charge is 2.47. The van der Waals surface area contributed by atoms with Gasteiger partial charge in [0, 0.05) is 25.0 Å². The van der Waals surface area contributed by atoms with Gasteiger partial charge in [0.15, 0.2) is 17.7 Å². The molecule has 2 saturated heterocycles. The molecular formula is C23H30N2O8S2. The van der Waals surface area contributed by atoms with E-state index in [0.717, 1.165) is 10.5 Å². The van der Waals surface area contributed by atoms with E-state index in [2.05, 4.69) is 6.58 Å². The summed E-state index contributed by atoms with van der Waals surface area (Å²) in [4.78, 5) is 29.6. The number of ether oxygens (including phenoxy) is 4. The molecule has 192 valence electrons. The van der Waals surface area contributed by atoms with Crippen molar-refractivity contribution in [2.24, 2.45) is 0 Å². The molecule has 0 spiro atoms. The first kappa shape index (κ1) is 26.0. The third-order valence-electron chi connectivity index (χ3n) is 6.29. The second-order valence-corrected chi connectivity index (χ2v) is 11.5. The molecule has 3 aliphatic heterocycles. The van der Waals surface area contributed by atoms with Gasteiger partial charge in [0.25, 0.3) is 5.91 Å². The van der Waals surface area contributed by atoms with Crippen LogP contribution in [0.25, 0.3) is 0 Å². The number of fused-ring (bicyclic) bond motifs is 2. The van der Waals surface area contributed by atoms with Crippen molar-refractivity contribution in [2.75, 3.05) is 57.8 Å². The van der Waals surface area contributed by atoms with Gasteiger partial charge in [-0.15, -0.1) is 0 Å². The predicted molar refractivity (Wildman–Crippen MR) is 133 cm³/mol. The molecule has 0 aliphatic carbocycles. The lowest BCUT2D eigenvalue weighted by Crippen LogP contribution is -2.51. The van der Waals surface area contributed by atoms with Crippen LogP contribution in [0, 0.1) is 0 Å². The SMILES string of the molecule is C=C1C[C@H]2C(O)N(C(=O)OCC3(SSCCO)CCOC3)c3cc(OC)c(OC)cc3C(=O)N2C1. The summed E-state index contributed by atoms with van der Waals surface area (Å²) in [5.41, 5.74) is 1.17. The minimum atomic E-state index is -1.35. The largest absolute Gasteiger partial charge is 0.493 e. The van der Waals surface area contributed by atoms with Crippen molar-refractivity contribution in [1.29, 1.82) is 0 Å². The van der Waals surface area contributed by atoms with Gasteiger partial charge in [0.1, 0.15) is 6.61 Å². The van der Waals surface area contributed by atoms with Crippen LogP contribution in [-0.2, 0) is 9.47 Å². The highest BCUT2D eigenvalue weighted by atomic mass is 33.1. The van der Waals surface area contributed by atoms with Crippen molar-refractivity contribution in [3.63, 3.8) is 0 Å². The van der Waals surface area contributed by atoms with Crippen molar-refractivity contribution in [3.05, 3.63) is 29.8 Å². The number of aliphatic hydroxyl groups is 2. The van der Waals surface area contributed by atoms with Crippen molar-refractivity contribution in [3.8, 4) is 11.5 Å². The average Bonchev–Trinajstić information content (AvgIpc) is 3.47. The van der Waals surface area contributed by atoms with Crippen LogP contribution in [0.4, 0.5) is 10.5 Å². The highest BCUT2D eigenvalue weighted by Crippen LogP contribution is 2.44. The third-order valence-corrected chi connectivity index (χ3v) is 9.46. The summed E-state index contributed by atoms with van der Waals surface area (Å²) in [5.74, 6) is 0.852. The molecule has 35 heavy (non-hydrogen) atoms. The summed E-state index contributed by atoms with van der Waals surface area (Å²) in [6.07, 6.45) is -1.08. The molecular weight excluding hydrogens is 496 g/mol. The fourth-order valence-corrected chi connectivity index (χ4v) is 7.07. The molecule has 3 heterocycles. The molecule has 2 unspecified atom stereocenters. The summed E-state index contributed by atoms with van der Waals surface area (Å²) < 4.78 is 21.6. The molecule has 0 bridgehead atoms. The van der Waals surface area contributed by atoms with Gasteiger partial charge < -0.3 is 34.1 Å².